The van der Waals surface area contributed by atoms with Crippen LogP contribution in [0.5, 0.6) is 0 Å². The predicted molar refractivity (Wildman–Crippen MR) is 94.7 cm³/mol. The Kier molecular flexibility index (Phi) is 4.49. The summed E-state index contributed by atoms with van der Waals surface area (Å²) < 4.78 is 0. The average Bonchev–Trinajstić information content (AvgIpc) is 2.99. The Hall–Kier alpha value is -2.13. The van der Waals surface area contributed by atoms with Crippen molar-refractivity contribution in [2.45, 2.75) is 26.3 Å². The first-order valence-corrected chi connectivity index (χ1v) is 8.21. The smallest absolute Gasteiger partial charge is 0.241 e. The number of carbonyl (C=O) groups is 1. The first-order chi connectivity index (χ1) is 11.1. The highest BCUT2D eigenvalue weighted by Gasteiger charge is 2.25. The monoisotopic (exact) mass is 308 g/mol. The topological polar surface area (TPSA) is 23.6 Å². The Balaban J connectivity index is 1.67. The molecule has 1 heterocycles. The molecule has 23 heavy (non-hydrogen) atoms. The van der Waals surface area contributed by atoms with Gasteiger partial charge in [0, 0.05) is 18.3 Å². The summed E-state index contributed by atoms with van der Waals surface area (Å²) >= 11 is 0. The van der Waals surface area contributed by atoms with Crippen LogP contribution in [0.2, 0.25) is 0 Å². The van der Waals surface area contributed by atoms with E-state index in [0.29, 0.717) is 6.54 Å². The summed E-state index contributed by atoms with van der Waals surface area (Å²) in [6.45, 7) is 5.47. The summed E-state index contributed by atoms with van der Waals surface area (Å²) in [6, 6.07) is 17.0. The van der Waals surface area contributed by atoms with Crippen LogP contribution in [0.25, 0.3) is 0 Å². The Labute approximate surface area is 138 Å². The van der Waals surface area contributed by atoms with Crippen molar-refractivity contribution in [3.05, 3.63) is 65.2 Å². The number of para-hydroxylation sites is 1. The molecule has 3 rings (SSSR count). The Morgan fingerprint density at radius 1 is 1.17 bits per heavy atom. The molecule has 0 N–H and O–H groups in total. The molecule has 0 saturated carbocycles. The van der Waals surface area contributed by atoms with E-state index in [0.717, 1.165) is 18.7 Å². The Bertz CT molecular complexity index is 693. The molecule has 1 atom stereocenters. The average molecular weight is 308 g/mol. The minimum Gasteiger partial charge on any atom is -0.311 e. The van der Waals surface area contributed by atoms with Crippen LogP contribution in [0.15, 0.2) is 48.5 Å². The van der Waals surface area contributed by atoms with E-state index in [1.165, 1.54) is 16.7 Å². The van der Waals surface area contributed by atoms with Crippen LogP contribution >= 0.6 is 0 Å². The first kappa shape index (κ1) is 15.8. The lowest BCUT2D eigenvalue weighted by atomic mass is 10.1. The van der Waals surface area contributed by atoms with Crippen molar-refractivity contribution >= 4 is 11.6 Å². The zero-order chi connectivity index (χ0) is 16.4. The van der Waals surface area contributed by atoms with Gasteiger partial charge in [0.2, 0.25) is 5.91 Å². The predicted octanol–water partition coefficient (Wildman–Crippen LogP) is 3.58. The van der Waals surface area contributed by atoms with E-state index < -0.39 is 0 Å². The SMILES string of the molecule is Cc1ccc([C@@H](C)N(C)CC(=O)N2CCc3ccccc32)cc1. The first-order valence-electron chi connectivity index (χ1n) is 8.21. The van der Waals surface area contributed by atoms with Crippen LogP contribution in [0, 0.1) is 6.92 Å². The van der Waals surface area contributed by atoms with Crippen molar-refractivity contribution in [2.24, 2.45) is 0 Å². The van der Waals surface area contributed by atoms with E-state index in [1.807, 2.05) is 30.1 Å². The lowest BCUT2D eigenvalue weighted by Gasteiger charge is -2.27. The second kappa shape index (κ2) is 6.55. The molecule has 0 saturated heterocycles. The number of benzene rings is 2. The summed E-state index contributed by atoms with van der Waals surface area (Å²) in [5, 5.41) is 0. The number of rotatable bonds is 4. The molecule has 0 fully saturated rings. The minimum absolute atomic E-state index is 0.177. The molecule has 1 aliphatic heterocycles. The molecular formula is C20H24N2O. The van der Waals surface area contributed by atoms with Crippen molar-refractivity contribution in [1.29, 1.82) is 0 Å². The van der Waals surface area contributed by atoms with E-state index in [1.54, 1.807) is 0 Å². The molecule has 0 radical (unpaired) electrons. The van der Waals surface area contributed by atoms with Gasteiger partial charge in [0.15, 0.2) is 0 Å². The minimum atomic E-state index is 0.177. The van der Waals surface area contributed by atoms with E-state index in [2.05, 4.69) is 49.1 Å². The fraction of sp³-hybridized carbons (Fsp3) is 0.350. The second-order valence-electron chi connectivity index (χ2n) is 6.43. The molecular weight excluding hydrogens is 284 g/mol. The molecule has 3 heteroatoms. The summed E-state index contributed by atoms with van der Waals surface area (Å²) in [4.78, 5) is 16.7. The number of likely N-dealkylation sites (N-methyl/N-ethyl adjacent to an activating group) is 1. The normalized spacial score (nSPS) is 14.9. The van der Waals surface area contributed by atoms with Crippen LogP contribution in [-0.2, 0) is 11.2 Å². The van der Waals surface area contributed by atoms with Gasteiger partial charge in [0.25, 0.3) is 0 Å². The van der Waals surface area contributed by atoms with Crippen LogP contribution in [0.3, 0.4) is 0 Å². The third kappa shape index (κ3) is 3.30. The highest BCUT2D eigenvalue weighted by Crippen LogP contribution is 2.28. The van der Waals surface area contributed by atoms with Gasteiger partial charge in [-0.3, -0.25) is 9.69 Å². The van der Waals surface area contributed by atoms with Crippen molar-refractivity contribution in [2.75, 3.05) is 25.0 Å². The highest BCUT2D eigenvalue weighted by molar-refractivity contribution is 5.96. The fourth-order valence-corrected chi connectivity index (χ4v) is 3.13. The molecule has 0 aromatic heterocycles. The van der Waals surface area contributed by atoms with Gasteiger partial charge >= 0.3 is 0 Å². The number of carbonyl (C=O) groups excluding carboxylic acids is 1. The number of nitrogens with zero attached hydrogens (tertiary/aromatic N) is 2. The number of amides is 1. The largest absolute Gasteiger partial charge is 0.311 e. The maximum atomic E-state index is 12.7. The number of anilines is 1. The zero-order valence-corrected chi connectivity index (χ0v) is 14.1. The lowest BCUT2D eigenvalue weighted by Crippen LogP contribution is -2.39. The lowest BCUT2D eigenvalue weighted by molar-refractivity contribution is -0.119. The molecule has 2 aromatic carbocycles. The maximum Gasteiger partial charge on any atom is 0.241 e. The number of hydrogen-bond acceptors (Lipinski definition) is 2. The zero-order valence-electron chi connectivity index (χ0n) is 14.1. The molecule has 1 amide bonds. The number of aryl methyl sites for hydroxylation is 1. The quantitative estimate of drug-likeness (QED) is 0.862. The second-order valence-corrected chi connectivity index (χ2v) is 6.43. The Morgan fingerprint density at radius 2 is 1.87 bits per heavy atom. The summed E-state index contributed by atoms with van der Waals surface area (Å²) in [5.74, 6) is 0.177. The molecule has 1 aliphatic rings. The number of hydrogen-bond donors (Lipinski definition) is 0. The van der Waals surface area contributed by atoms with Crippen LogP contribution in [-0.4, -0.2) is 30.9 Å². The van der Waals surface area contributed by atoms with Crippen molar-refractivity contribution < 1.29 is 4.79 Å². The third-order valence-corrected chi connectivity index (χ3v) is 4.79. The van der Waals surface area contributed by atoms with Gasteiger partial charge in [-0.05, 0) is 44.5 Å². The summed E-state index contributed by atoms with van der Waals surface area (Å²) in [6.07, 6.45) is 0.957. The molecule has 0 spiro atoms. The van der Waals surface area contributed by atoms with Gasteiger partial charge < -0.3 is 4.90 Å². The van der Waals surface area contributed by atoms with Gasteiger partial charge in [0.05, 0.1) is 6.54 Å². The molecule has 2 aromatic rings. The molecule has 3 nitrogen and oxygen atoms in total. The fourth-order valence-electron chi connectivity index (χ4n) is 3.13. The van der Waals surface area contributed by atoms with Gasteiger partial charge in [-0.25, -0.2) is 0 Å². The van der Waals surface area contributed by atoms with E-state index >= 15 is 0 Å². The number of fused-ring (bicyclic) bond motifs is 1. The summed E-state index contributed by atoms with van der Waals surface area (Å²) in [7, 11) is 2.02. The molecule has 120 valence electrons. The maximum absolute atomic E-state index is 12.7. The molecule has 0 aliphatic carbocycles. The van der Waals surface area contributed by atoms with Crippen molar-refractivity contribution in [3.8, 4) is 0 Å². The van der Waals surface area contributed by atoms with Crippen LogP contribution < -0.4 is 4.90 Å². The highest BCUT2D eigenvalue weighted by atomic mass is 16.2. The van der Waals surface area contributed by atoms with Crippen LogP contribution in [0.4, 0.5) is 5.69 Å². The molecule has 0 bridgehead atoms. The van der Waals surface area contributed by atoms with Gasteiger partial charge in [-0.1, -0.05) is 48.0 Å². The van der Waals surface area contributed by atoms with Gasteiger partial charge in [0.1, 0.15) is 0 Å². The standard InChI is InChI=1S/C20H24N2O/c1-15-8-10-17(11-9-15)16(2)21(3)14-20(23)22-13-12-18-6-4-5-7-19(18)22/h4-11,16H,12-14H2,1-3H3/t16-/m1/s1. The summed E-state index contributed by atoms with van der Waals surface area (Å²) in [5.41, 5.74) is 4.85. The van der Waals surface area contributed by atoms with E-state index in [4.69, 9.17) is 0 Å². The molecule has 0 unspecified atom stereocenters. The van der Waals surface area contributed by atoms with Gasteiger partial charge in [-0.2, -0.15) is 0 Å². The van der Waals surface area contributed by atoms with E-state index in [-0.39, 0.29) is 11.9 Å². The van der Waals surface area contributed by atoms with E-state index in [9.17, 15) is 4.79 Å². The van der Waals surface area contributed by atoms with Gasteiger partial charge in [-0.15, -0.1) is 0 Å². The Morgan fingerprint density at radius 3 is 2.61 bits per heavy atom. The van der Waals surface area contributed by atoms with Crippen LogP contribution in [0.1, 0.15) is 29.7 Å². The third-order valence-electron chi connectivity index (χ3n) is 4.79. The van der Waals surface area contributed by atoms with Crippen molar-refractivity contribution in [1.82, 2.24) is 4.90 Å². The van der Waals surface area contributed by atoms with Crippen molar-refractivity contribution in [3.63, 3.8) is 0 Å².